The predicted octanol–water partition coefficient (Wildman–Crippen LogP) is 5.33. The van der Waals surface area contributed by atoms with E-state index in [2.05, 4.69) is 38.7 Å². The Hall–Kier alpha value is -1.61. The van der Waals surface area contributed by atoms with Gasteiger partial charge in [0.15, 0.2) is 0 Å². The molecule has 112 valence electrons. The fourth-order valence-electron chi connectivity index (χ4n) is 3.69. The minimum absolute atomic E-state index is 0.179. The molecule has 0 radical (unpaired) electrons. The molecule has 0 amide bonds. The molecule has 0 unspecified atom stereocenters. The molecule has 4 rings (SSSR count). The van der Waals surface area contributed by atoms with E-state index in [0.29, 0.717) is 0 Å². The van der Waals surface area contributed by atoms with Crippen LogP contribution in [0.2, 0.25) is 0 Å². The first-order valence-electron chi connectivity index (χ1n) is 7.74. The van der Waals surface area contributed by atoms with E-state index in [1.807, 2.05) is 12.1 Å². The Morgan fingerprint density at radius 2 is 1.91 bits per heavy atom. The van der Waals surface area contributed by atoms with Gasteiger partial charge in [0.05, 0.1) is 11.2 Å². The maximum Gasteiger partial charge on any atom is 0.123 e. The summed E-state index contributed by atoms with van der Waals surface area (Å²) < 4.78 is 15.7. The first-order chi connectivity index (χ1) is 10.8. The third-order valence-corrected chi connectivity index (χ3v) is 4.96. The molecule has 3 heteroatoms. The topological polar surface area (TPSA) is 4.93 Å². The van der Waals surface area contributed by atoms with Gasteiger partial charge in [-0.25, -0.2) is 4.39 Å². The van der Waals surface area contributed by atoms with Gasteiger partial charge in [0, 0.05) is 17.3 Å². The maximum atomic E-state index is 13.3. The quantitative estimate of drug-likeness (QED) is 0.558. The number of nitrogens with zero attached hydrogens (tertiary/aromatic N) is 1. The molecule has 1 aromatic heterocycles. The molecule has 0 fully saturated rings. The van der Waals surface area contributed by atoms with Crippen molar-refractivity contribution in [2.24, 2.45) is 0 Å². The van der Waals surface area contributed by atoms with E-state index < -0.39 is 0 Å². The van der Waals surface area contributed by atoms with Crippen molar-refractivity contribution in [2.75, 3.05) is 5.33 Å². The number of benzene rings is 2. The highest BCUT2D eigenvalue weighted by Crippen LogP contribution is 2.38. The van der Waals surface area contributed by atoms with Gasteiger partial charge in [-0.05, 0) is 60.2 Å². The van der Waals surface area contributed by atoms with Gasteiger partial charge >= 0.3 is 0 Å². The van der Waals surface area contributed by atoms with E-state index in [0.717, 1.165) is 30.3 Å². The molecule has 0 atom stereocenters. The fourth-order valence-corrected chi connectivity index (χ4v) is 4.09. The maximum absolute atomic E-state index is 13.3. The molecule has 1 nitrogen and oxygen atoms in total. The Morgan fingerprint density at radius 1 is 1.09 bits per heavy atom. The molecule has 0 bridgehead atoms. The van der Waals surface area contributed by atoms with Crippen LogP contribution in [0.3, 0.4) is 0 Å². The van der Waals surface area contributed by atoms with Gasteiger partial charge < -0.3 is 4.57 Å². The summed E-state index contributed by atoms with van der Waals surface area (Å²) in [6, 6.07) is 13.6. The molecule has 0 spiro atoms. The van der Waals surface area contributed by atoms with Crippen LogP contribution in [-0.2, 0) is 19.4 Å². The first-order valence-corrected chi connectivity index (χ1v) is 8.86. The van der Waals surface area contributed by atoms with Gasteiger partial charge in [0.2, 0.25) is 0 Å². The van der Waals surface area contributed by atoms with Crippen molar-refractivity contribution in [2.45, 2.75) is 25.8 Å². The Kier molecular flexibility index (Phi) is 3.53. The highest BCUT2D eigenvalue weighted by atomic mass is 79.9. The van der Waals surface area contributed by atoms with E-state index in [-0.39, 0.29) is 5.82 Å². The number of halogens is 2. The molecule has 2 heterocycles. The summed E-state index contributed by atoms with van der Waals surface area (Å²) in [6.07, 6.45) is 3.31. The highest BCUT2D eigenvalue weighted by molar-refractivity contribution is 9.09. The molecular formula is C19H17BrFN. The average molecular weight is 358 g/mol. The summed E-state index contributed by atoms with van der Waals surface area (Å²) in [5.41, 5.74) is 6.57. The van der Waals surface area contributed by atoms with Crippen LogP contribution in [0.5, 0.6) is 0 Å². The number of alkyl halides is 1. The fraction of sp³-hybridized carbons (Fsp3) is 0.263. The Bertz CT molecular complexity index is 833. The van der Waals surface area contributed by atoms with Crippen molar-refractivity contribution in [1.82, 2.24) is 4.57 Å². The molecule has 0 aliphatic carbocycles. The summed E-state index contributed by atoms with van der Waals surface area (Å²) in [4.78, 5) is 0. The SMILES string of the molecule is Fc1ccc(-c2c(CCBr)c3cccc4c3n2CCC4)cc1. The molecule has 1 aliphatic heterocycles. The van der Waals surface area contributed by atoms with Crippen LogP contribution in [0.15, 0.2) is 42.5 Å². The molecule has 2 aromatic carbocycles. The molecule has 3 aromatic rings. The van der Waals surface area contributed by atoms with Crippen molar-refractivity contribution in [3.8, 4) is 11.3 Å². The van der Waals surface area contributed by atoms with Gasteiger partial charge in [-0.1, -0.05) is 34.1 Å². The zero-order valence-electron chi connectivity index (χ0n) is 12.3. The zero-order chi connectivity index (χ0) is 15.1. The largest absolute Gasteiger partial charge is 0.340 e. The number of para-hydroxylation sites is 1. The van der Waals surface area contributed by atoms with Gasteiger partial charge in [0.1, 0.15) is 5.82 Å². The lowest BCUT2D eigenvalue weighted by Crippen LogP contribution is -2.08. The standard InChI is InChI=1S/C19H17BrFN/c20-11-10-17-16-5-1-3-13-4-2-12-22(18(13)16)19(17)14-6-8-15(21)9-7-14/h1,3,5-9H,2,4,10-12H2. The van der Waals surface area contributed by atoms with Gasteiger partial charge in [-0.2, -0.15) is 0 Å². The minimum Gasteiger partial charge on any atom is -0.340 e. The molecule has 1 aliphatic rings. The molecule has 0 saturated carbocycles. The van der Waals surface area contributed by atoms with Crippen molar-refractivity contribution < 1.29 is 4.39 Å². The lowest BCUT2D eigenvalue weighted by Gasteiger charge is -2.18. The second kappa shape index (κ2) is 5.54. The smallest absolute Gasteiger partial charge is 0.123 e. The van der Waals surface area contributed by atoms with Crippen molar-refractivity contribution in [3.63, 3.8) is 0 Å². The normalized spacial score (nSPS) is 13.7. The van der Waals surface area contributed by atoms with Crippen LogP contribution in [0, 0.1) is 5.82 Å². The second-order valence-electron chi connectivity index (χ2n) is 5.84. The van der Waals surface area contributed by atoms with Gasteiger partial charge in [-0.3, -0.25) is 0 Å². The van der Waals surface area contributed by atoms with E-state index >= 15 is 0 Å². The highest BCUT2D eigenvalue weighted by Gasteiger charge is 2.22. The third-order valence-electron chi connectivity index (χ3n) is 4.56. The lowest BCUT2D eigenvalue weighted by atomic mass is 10.0. The van der Waals surface area contributed by atoms with Crippen molar-refractivity contribution in [3.05, 3.63) is 59.4 Å². The average Bonchev–Trinajstić information content (AvgIpc) is 2.85. The second-order valence-corrected chi connectivity index (χ2v) is 6.63. The minimum atomic E-state index is -0.179. The Balaban J connectivity index is 2.06. The number of aromatic nitrogens is 1. The van der Waals surface area contributed by atoms with Crippen molar-refractivity contribution >= 4 is 26.8 Å². The molecular weight excluding hydrogens is 341 g/mol. The van der Waals surface area contributed by atoms with Crippen LogP contribution >= 0.6 is 15.9 Å². The van der Waals surface area contributed by atoms with Gasteiger partial charge in [0.25, 0.3) is 0 Å². The van der Waals surface area contributed by atoms with E-state index in [9.17, 15) is 4.39 Å². The number of aryl methyl sites for hydroxylation is 3. The molecule has 0 saturated heterocycles. The lowest BCUT2D eigenvalue weighted by molar-refractivity contribution is 0.627. The van der Waals surface area contributed by atoms with E-state index in [1.165, 1.54) is 34.1 Å². The van der Waals surface area contributed by atoms with Crippen molar-refractivity contribution in [1.29, 1.82) is 0 Å². The van der Waals surface area contributed by atoms with Crippen LogP contribution in [0.4, 0.5) is 4.39 Å². The predicted molar refractivity (Wildman–Crippen MR) is 93.2 cm³/mol. The number of hydrogen-bond acceptors (Lipinski definition) is 0. The summed E-state index contributed by atoms with van der Waals surface area (Å²) in [5.74, 6) is -0.179. The number of hydrogen-bond donors (Lipinski definition) is 0. The summed E-state index contributed by atoms with van der Waals surface area (Å²) in [7, 11) is 0. The van der Waals surface area contributed by atoms with Crippen LogP contribution in [0.1, 0.15) is 17.5 Å². The summed E-state index contributed by atoms with van der Waals surface area (Å²) in [5, 5.41) is 2.29. The third kappa shape index (κ3) is 2.11. The number of rotatable bonds is 3. The van der Waals surface area contributed by atoms with Crippen LogP contribution in [0.25, 0.3) is 22.2 Å². The van der Waals surface area contributed by atoms with E-state index in [1.54, 1.807) is 12.1 Å². The zero-order valence-corrected chi connectivity index (χ0v) is 13.9. The summed E-state index contributed by atoms with van der Waals surface area (Å²) in [6.45, 7) is 1.04. The first kappa shape index (κ1) is 14.0. The van der Waals surface area contributed by atoms with Gasteiger partial charge in [-0.15, -0.1) is 0 Å². The monoisotopic (exact) mass is 357 g/mol. The molecule has 0 N–H and O–H groups in total. The van der Waals surface area contributed by atoms with Crippen LogP contribution < -0.4 is 0 Å². The summed E-state index contributed by atoms with van der Waals surface area (Å²) >= 11 is 3.59. The Labute approximate surface area is 137 Å². The van der Waals surface area contributed by atoms with E-state index in [4.69, 9.17) is 0 Å². The Morgan fingerprint density at radius 3 is 2.68 bits per heavy atom. The van der Waals surface area contributed by atoms with Crippen LogP contribution in [-0.4, -0.2) is 9.90 Å². The molecule has 22 heavy (non-hydrogen) atoms.